The number of rotatable bonds is 6. The number of aromatic nitrogens is 3. The van der Waals surface area contributed by atoms with E-state index in [9.17, 15) is 0 Å². The standard InChI is InChI=1S/C59H41N3/c1-59(2)51-26-15-25-49(57(51)50-34-41-18-9-10-19-42(41)35-52(50)59)45-22-11-12-23-46(45)54-37-53(60-58(61-54)40-16-5-3-6-17-40)39-30-28-38(29-31-39)43-32-33-48-47-24-13-14-27-55(47)62(56(48)36-43)44-20-7-4-8-21-44/h3-37H,1-2H3. The molecule has 12 rings (SSSR count). The predicted molar refractivity (Wildman–Crippen MR) is 259 cm³/mol. The molecule has 0 radical (unpaired) electrons. The van der Waals surface area contributed by atoms with Crippen molar-refractivity contribution in [1.29, 1.82) is 0 Å². The molecule has 11 aromatic rings. The Labute approximate surface area is 361 Å². The van der Waals surface area contributed by atoms with Crippen LogP contribution in [0.1, 0.15) is 25.0 Å². The van der Waals surface area contributed by atoms with Gasteiger partial charge in [-0.25, -0.2) is 9.97 Å². The first-order chi connectivity index (χ1) is 30.5. The SMILES string of the molecule is CC1(C)c2cc3ccccc3cc2-c2c(-c3ccccc3-c3cc(-c4ccc(-c5ccc6c7ccccc7n(-c7ccccc7)c6c5)cc4)nc(-c4ccccc4)n3)cccc21. The average molecular weight is 792 g/mol. The number of hydrogen-bond donors (Lipinski definition) is 0. The van der Waals surface area contributed by atoms with E-state index in [4.69, 9.17) is 9.97 Å². The van der Waals surface area contributed by atoms with E-state index < -0.39 is 0 Å². The van der Waals surface area contributed by atoms with Crippen molar-refractivity contribution < 1.29 is 0 Å². The molecule has 1 aliphatic carbocycles. The van der Waals surface area contributed by atoms with E-state index >= 15 is 0 Å². The number of para-hydroxylation sites is 2. The number of hydrogen-bond acceptors (Lipinski definition) is 2. The zero-order chi connectivity index (χ0) is 41.4. The Morgan fingerprint density at radius 1 is 0.371 bits per heavy atom. The van der Waals surface area contributed by atoms with Crippen molar-refractivity contribution in [2.75, 3.05) is 0 Å². The minimum Gasteiger partial charge on any atom is -0.309 e. The van der Waals surface area contributed by atoms with Gasteiger partial charge in [0.2, 0.25) is 0 Å². The fourth-order valence-electron chi connectivity index (χ4n) is 9.93. The molecular formula is C59H41N3. The van der Waals surface area contributed by atoms with Crippen molar-refractivity contribution in [1.82, 2.24) is 14.5 Å². The van der Waals surface area contributed by atoms with E-state index in [1.54, 1.807) is 0 Å². The van der Waals surface area contributed by atoms with E-state index in [1.165, 1.54) is 66.0 Å². The first-order valence-electron chi connectivity index (χ1n) is 21.4. The molecule has 1 aliphatic rings. The molecule has 0 saturated heterocycles. The van der Waals surface area contributed by atoms with Gasteiger partial charge in [0.15, 0.2) is 5.82 Å². The molecule has 0 aliphatic heterocycles. The van der Waals surface area contributed by atoms with Gasteiger partial charge in [0.25, 0.3) is 0 Å². The van der Waals surface area contributed by atoms with Crippen LogP contribution in [0.3, 0.4) is 0 Å². The Bertz CT molecular complexity index is 3520. The van der Waals surface area contributed by atoms with Crippen molar-refractivity contribution in [3.05, 3.63) is 223 Å². The first kappa shape index (κ1) is 36.0. The molecule has 0 amide bonds. The fraction of sp³-hybridized carbons (Fsp3) is 0.0508. The fourth-order valence-corrected chi connectivity index (χ4v) is 9.93. The molecule has 3 heteroatoms. The van der Waals surface area contributed by atoms with Crippen LogP contribution in [0.5, 0.6) is 0 Å². The lowest BCUT2D eigenvalue weighted by Crippen LogP contribution is -2.14. The van der Waals surface area contributed by atoms with Gasteiger partial charge in [-0.2, -0.15) is 0 Å². The van der Waals surface area contributed by atoms with Crippen molar-refractivity contribution in [3.63, 3.8) is 0 Å². The van der Waals surface area contributed by atoms with Crippen molar-refractivity contribution >= 4 is 32.6 Å². The Hall–Kier alpha value is -7.88. The lowest BCUT2D eigenvalue weighted by atomic mass is 9.81. The van der Waals surface area contributed by atoms with Crippen LogP contribution < -0.4 is 0 Å². The smallest absolute Gasteiger partial charge is 0.160 e. The molecule has 62 heavy (non-hydrogen) atoms. The second-order valence-corrected chi connectivity index (χ2v) is 17.0. The van der Waals surface area contributed by atoms with Gasteiger partial charge in [-0.3, -0.25) is 0 Å². The monoisotopic (exact) mass is 791 g/mol. The zero-order valence-electron chi connectivity index (χ0n) is 34.5. The van der Waals surface area contributed by atoms with Gasteiger partial charge in [0.05, 0.1) is 22.4 Å². The van der Waals surface area contributed by atoms with E-state index in [0.29, 0.717) is 5.82 Å². The molecule has 0 saturated carbocycles. The quantitative estimate of drug-likeness (QED) is 0.168. The summed E-state index contributed by atoms with van der Waals surface area (Å²) < 4.78 is 2.37. The highest BCUT2D eigenvalue weighted by atomic mass is 15.0. The van der Waals surface area contributed by atoms with Gasteiger partial charge in [0, 0.05) is 38.6 Å². The lowest BCUT2D eigenvalue weighted by molar-refractivity contribution is 0.661. The summed E-state index contributed by atoms with van der Waals surface area (Å²) in [7, 11) is 0. The van der Waals surface area contributed by atoms with Gasteiger partial charge in [-0.1, -0.05) is 184 Å². The van der Waals surface area contributed by atoms with Gasteiger partial charge < -0.3 is 4.57 Å². The molecule has 0 bridgehead atoms. The molecule has 2 heterocycles. The summed E-state index contributed by atoms with van der Waals surface area (Å²) in [6.45, 7) is 4.72. The third kappa shape index (κ3) is 5.73. The van der Waals surface area contributed by atoms with E-state index in [0.717, 1.165) is 44.9 Å². The highest BCUT2D eigenvalue weighted by molar-refractivity contribution is 6.10. The molecule has 0 atom stereocenters. The van der Waals surface area contributed by atoms with Gasteiger partial charge >= 0.3 is 0 Å². The summed E-state index contributed by atoms with van der Waals surface area (Å²) >= 11 is 0. The van der Waals surface area contributed by atoms with Crippen molar-refractivity contribution in [2.24, 2.45) is 0 Å². The second kappa shape index (κ2) is 14.1. The van der Waals surface area contributed by atoms with Crippen LogP contribution in [0.25, 0.3) is 106 Å². The van der Waals surface area contributed by atoms with Crippen LogP contribution in [0, 0.1) is 0 Å². The molecule has 0 N–H and O–H groups in total. The number of nitrogens with zero attached hydrogens (tertiary/aromatic N) is 3. The molecule has 0 fully saturated rings. The predicted octanol–water partition coefficient (Wildman–Crippen LogP) is 15.4. The average Bonchev–Trinajstić information content (AvgIpc) is 3.78. The van der Waals surface area contributed by atoms with Gasteiger partial charge in [0.1, 0.15) is 0 Å². The number of fused-ring (bicyclic) bond motifs is 7. The molecule has 9 aromatic carbocycles. The summed E-state index contributed by atoms with van der Waals surface area (Å²) in [5.41, 5.74) is 18.3. The van der Waals surface area contributed by atoms with Gasteiger partial charge in [-0.05, 0) is 97.7 Å². The van der Waals surface area contributed by atoms with Crippen LogP contribution in [0.2, 0.25) is 0 Å². The largest absolute Gasteiger partial charge is 0.309 e. The highest BCUT2D eigenvalue weighted by Gasteiger charge is 2.37. The molecule has 3 nitrogen and oxygen atoms in total. The van der Waals surface area contributed by atoms with E-state index in [1.807, 2.05) is 6.07 Å². The lowest BCUT2D eigenvalue weighted by Gasteiger charge is -2.22. The summed E-state index contributed by atoms with van der Waals surface area (Å²) in [6, 6.07) is 76.6. The number of benzene rings is 9. The minimum atomic E-state index is -0.138. The third-order valence-electron chi connectivity index (χ3n) is 13.0. The zero-order valence-corrected chi connectivity index (χ0v) is 34.5. The van der Waals surface area contributed by atoms with Crippen molar-refractivity contribution in [2.45, 2.75) is 19.3 Å². The Kier molecular flexibility index (Phi) is 8.20. The first-order valence-corrected chi connectivity index (χ1v) is 21.4. The van der Waals surface area contributed by atoms with Crippen LogP contribution in [0.15, 0.2) is 212 Å². The normalized spacial score (nSPS) is 12.8. The van der Waals surface area contributed by atoms with Crippen LogP contribution in [0.4, 0.5) is 0 Å². The van der Waals surface area contributed by atoms with E-state index in [2.05, 4.69) is 225 Å². The third-order valence-corrected chi connectivity index (χ3v) is 13.0. The Morgan fingerprint density at radius 2 is 0.984 bits per heavy atom. The van der Waals surface area contributed by atoms with Crippen LogP contribution >= 0.6 is 0 Å². The summed E-state index contributed by atoms with van der Waals surface area (Å²) in [6.07, 6.45) is 0. The molecular weight excluding hydrogens is 751 g/mol. The van der Waals surface area contributed by atoms with Gasteiger partial charge in [-0.15, -0.1) is 0 Å². The molecule has 0 spiro atoms. The summed E-state index contributed by atoms with van der Waals surface area (Å²) in [5.74, 6) is 0.701. The minimum absolute atomic E-state index is 0.138. The maximum absolute atomic E-state index is 5.32. The molecule has 0 unspecified atom stereocenters. The Morgan fingerprint density at radius 3 is 1.79 bits per heavy atom. The maximum atomic E-state index is 5.32. The summed E-state index contributed by atoms with van der Waals surface area (Å²) in [4.78, 5) is 10.6. The highest BCUT2D eigenvalue weighted by Crippen LogP contribution is 2.54. The summed E-state index contributed by atoms with van der Waals surface area (Å²) in [5, 5.41) is 5.03. The maximum Gasteiger partial charge on any atom is 0.160 e. The van der Waals surface area contributed by atoms with E-state index in [-0.39, 0.29) is 5.41 Å². The van der Waals surface area contributed by atoms with Crippen LogP contribution in [-0.4, -0.2) is 14.5 Å². The second-order valence-electron chi connectivity index (χ2n) is 17.0. The van der Waals surface area contributed by atoms with Crippen LogP contribution in [-0.2, 0) is 5.41 Å². The topological polar surface area (TPSA) is 30.7 Å². The van der Waals surface area contributed by atoms with Crippen molar-refractivity contribution in [3.8, 4) is 73.0 Å². The molecule has 2 aromatic heterocycles. The molecule has 292 valence electrons. The Balaban J connectivity index is 0.983.